The van der Waals surface area contributed by atoms with E-state index in [9.17, 15) is 18.0 Å². The van der Waals surface area contributed by atoms with Crippen molar-refractivity contribution in [3.63, 3.8) is 0 Å². The van der Waals surface area contributed by atoms with Crippen LogP contribution in [0.15, 0.2) is 30.5 Å². The number of hydrogen-bond donors (Lipinski definition) is 2. The number of nitrogens with zero attached hydrogens (tertiary/aromatic N) is 3. The van der Waals surface area contributed by atoms with Gasteiger partial charge in [0.05, 0.1) is 5.56 Å². The van der Waals surface area contributed by atoms with E-state index in [1.54, 1.807) is 11.1 Å². The van der Waals surface area contributed by atoms with Crippen molar-refractivity contribution in [2.75, 3.05) is 32.0 Å². The van der Waals surface area contributed by atoms with E-state index >= 15 is 0 Å². The second-order valence-electron chi connectivity index (χ2n) is 9.08. The number of carbonyl (C=O) groups excluding carboxylic acids is 1. The van der Waals surface area contributed by atoms with Crippen LogP contribution >= 0.6 is 0 Å². The van der Waals surface area contributed by atoms with E-state index in [1.807, 2.05) is 6.07 Å². The fourth-order valence-corrected chi connectivity index (χ4v) is 4.92. The molecule has 2 fully saturated rings. The molecule has 11 heteroatoms. The highest BCUT2D eigenvalue weighted by Crippen LogP contribution is 2.33. The summed E-state index contributed by atoms with van der Waals surface area (Å²) in [5, 5.41) is 0. The molecule has 2 aromatic heterocycles. The summed E-state index contributed by atoms with van der Waals surface area (Å²) in [7, 11) is 0. The van der Waals surface area contributed by atoms with Crippen LogP contribution in [-0.4, -0.2) is 58.4 Å². The number of rotatable bonds is 5. The third-order valence-electron chi connectivity index (χ3n) is 6.68. The number of pyridine rings is 1. The topological polar surface area (TPSA) is 106 Å². The molecule has 8 nitrogen and oxygen atoms in total. The number of nitrogens with two attached hydrogens (primary N) is 1. The van der Waals surface area contributed by atoms with E-state index < -0.39 is 12.1 Å². The van der Waals surface area contributed by atoms with E-state index in [4.69, 9.17) is 15.5 Å². The second kappa shape index (κ2) is 9.37. The van der Waals surface area contributed by atoms with Crippen molar-refractivity contribution in [1.82, 2.24) is 19.9 Å². The fourth-order valence-electron chi connectivity index (χ4n) is 4.92. The van der Waals surface area contributed by atoms with Crippen LogP contribution in [-0.2, 0) is 11.2 Å². The lowest BCUT2D eigenvalue weighted by atomic mass is 9.89. The first-order chi connectivity index (χ1) is 16.8. The summed E-state index contributed by atoms with van der Waals surface area (Å²) in [6, 6.07) is 5.39. The van der Waals surface area contributed by atoms with Crippen molar-refractivity contribution in [2.45, 2.75) is 38.0 Å². The summed E-state index contributed by atoms with van der Waals surface area (Å²) in [5.41, 5.74) is 8.73. The van der Waals surface area contributed by atoms with E-state index in [0.29, 0.717) is 19.0 Å². The van der Waals surface area contributed by atoms with E-state index in [0.717, 1.165) is 73.6 Å². The zero-order chi connectivity index (χ0) is 24.6. The Hall–Kier alpha value is -3.34. The number of alkyl halides is 3. The Morgan fingerprint density at radius 3 is 2.71 bits per heavy atom. The average Bonchev–Trinajstić information content (AvgIpc) is 3.47. The van der Waals surface area contributed by atoms with Crippen LogP contribution in [0.2, 0.25) is 0 Å². The van der Waals surface area contributed by atoms with Gasteiger partial charge in [-0.2, -0.15) is 0 Å². The number of halogens is 3. The Bertz CT molecular complexity index is 1210. The first-order valence-corrected chi connectivity index (χ1v) is 11.6. The van der Waals surface area contributed by atoms with Gasteiger partial charge in [-0.1, -0.05) is 0 Å². The molecule has 2 aliphatic heterocycles. The summed E-state index contributed by atoms with van der Waals surface area (Å²) in [6.45, 7) is 2.56. The number of aromatic amines is 1. The fraction of sp³-hybridized carbons (Fsp3) is 0.458. The molecule has 35 heavy (non-hydrogen) atoms. The highest BCUT2D eigenvalue weighted by atomic mass is 19.4. The Kier molecular flexibility index (Phi) is 6.26. The molecule has 1 atom stereocenters. The maximum atomic E-state index is 13.0. The molecule has 0 aliphatic carbocycles. The first-order valence-electron chi connectivity index (χ1n) is 11.6. The highest BCUT2D eigenvalue weighted by molar-refractivity contribution is 5.99. The molecule has 1 aromatic carbocycles. The monoisotopic (exact) mass is 489 g/mol. The van der Waals surface area contributed by atoms with Gasteiger partial charge in [0.1, 0.15) is 17.1 Å². The van der Waals surface area contributed by atoms with Gasteiger partial charge in [-0.05, 0) is 54.9 Å². The van der Waals surface area contributed by atoms with Crippen LogP contribution in [0.5, 0.6) is 5.75 Å². The van der Waals surface area contributed by atoms with Gasteiger partial charge >= 0.3 is 6.36 Å². The lowest BCUT2D eigenvalue weighted by molar-refractivity contribution is -0.274. The number of piperidine rings is 1. The van der Waals surface area contributed by atoms with Crippen LogP contribution in [0, 0.1) is 5.92 Å². The zero-order valence-corrected chi connectivity index (χ0v) is 19.0. The summed E-state index contributed by atoms with van der Waals surface area (Å²) >= 11 is 0. The quantitative estimate of drug-likeness (QED) is 0.524. The van der Waals surface area contributed by atoms with Gasteiger partial charge < -0.3 is 25.1 Å². The number of amides is 1. The van der Waals surface area contributed by atoms with Crippen molar-refractivity contribution >= 4 is 22.8 Å². The number of nitrogens with one attached hydrogen (secondary N) is 1. The predicted molar refractivity (Wildman–Crippen MR) is 122 cm³/mol. The molecule has 4 heterocycles. The van der Waals surface area contributed by atoms with Gasteiger partial charge in [-0.3, -0.25) is 4.79 Å². The molecule has 0 radical (unpaired) electrons. The van der Waals surface area contributed by atoms with Crippen LogP contribution < -0.4 is 10.5 Å². The van der Waals surface area contributed by atoms with Crippen molar-refractivity contribution in [1.29, 1.82) is 0 Å². The minimum Gasteiger partial charge on any atom is -0.406 e. The number of anilines is 1. The second-order valence-corrected chi connectivity index (χ2v) is 9.08. The van der Waals surface area contributed by atoms with Crippen molar-refractivity contribution < 1.29 is 27.4 Å². The van der Waals surface area contributed by atoms with E-state index in [1.165, 1.54) is 6.07 Å². The van der Waals surface area contributed by atoms with Crippen LogP contribution in [0.1, 0.15) is 46.9 Å². The van der Waals surface area contributed by atoms with Gasteiger partial charge in [0.15, 0.2) is 5.65 Å². The number of nitrogen functional groups attached to an aromatic ring is 1. The summed E-state index contributed by atoms with van der Waals surface area (Å²) < 4.78 is 46.6. The van der Waals surface area contributed by atoms with Crippen LogP contribution in [0.4, 0.5) is 18.9 Å². The molecule has 3 aromatic rings. The van der Waals surface area contributed by atoms with Crippen molar-refractivity contribution in [3.8, 4) is 5.75 Å². The van der Waals surface area contributed by atoms with Crippen LogP contribution in [0.25, 0.3) is 11.2 Å². The van der Waals surface area contributed by atoms with Gasteiger partial charge in [-0.25, -0.2) is 9.97 Å². The molecular weight excluding hydrogens is 463 g/mol. The number of carbonyl (C=O) groups is 1. The Morgan fingerprint density at radius 2 is 2.03 bits per heavy atom. The summed E-state index contributed by atoms with van der Waals surface area (Å²) in [4.78, 5) is 27.3. The smallest absolute Gasteiger partial charge is 0.406 e. The number of fused-ring (bicyclic) bond motifs is 1. The number of imidazole rings is 1. The number of hydrogen-bond acceptors (Lipinski definition) is 6. The van der Waals surface area contributed by atoms with Gasteiger partial charge in [0.25, 0.3) is 5.91 Å². The first kappa shape index (κ1) is 23.4. The molecule has 1 amide bonds. The molecule has 186 valence electrons. The largest absolute Gasteiger partial charge is 0.573 e. The zero-order valence-electron chi connectivity index (χ0n) is 19.0. The molecule has 5 rings (SSSR count). The van der Waals surface area contributed by atoms with Crippen LogP contribution in [0.3, 0.4) is 0 Å². The third-order valence-corrected chi connectivity index (χ3v) is 6.68. The lowest BCUT2D eigenvalue weighted by Gasteiger charge is -2.32. The maximum absolute atomic E-state index is 13.0. The SMILES string of the molecule is Nc1cc(OC(F)(F)F)ccc1C(=O)N1CCC(c2ccnc3[nH]c(C[C@H]4CCOC4)nc23)CC1. The average molecular weight is 489 g/mol. The maximum Gasteiger partial charge on any atom is 0.573 e. The molecule has 2 aliphatic rings. The molecule has 0 spiro atoms. The molecule has 0 saturated carbocycles. The van der Waals surface area contributed by atoms with Gasteiger partial charge in [-0.15, -0.1) is 13.2 Å². The molecule has 0 unspecified atom stereocenters. The standard InChI is InChI=1S/C24H26F3N5O3/c25-24(26,27)35-16-1-2-18(19(28)12-16)23(33)32-8-4-15(5-9-32)17-3-7-29-22-21(17)30-20(31-22)11-14-6-10-34-13-14/h1-3,7,12,14-15H,4-6,8-11,13,28H2,(H,29,30,31)/t14-/m1/s1. The van der Waals surface area contributed by atoms with Crippen molar-refractivity contribution in [3.05, 3.63) is 47.4 Å². The Labute approximate surface area is 199 Å². The third kappa shape index (κ3) is 5.19. The highest BCUT2D eigenvalue weighted by Gasteiger charge is 2.32. The molecule has 3 N–H and O–H groups in total. The van der Waals surface area contributed by atoms with Gasteiger partial charge in [0.2, 0.25) is 0 Å². The molecule has 0 bridgehead atoms. The summed E-state index contributed by atoms with van der Waals surface area (Å²) in [6.07, 6.45) is 0.292. The number of aromatic nitrogens is 3. The number of H-pyrrole nitrogens is 1. The molecular formula is C24H26F3N5O3. The predicted octanol–water partition coefficient (Wildman–Crippen LogP) is 4.04. The van der Waals surface area contributed by atoms with Crippen molar-refractivity contribution in [2.24, 2.45) is 5.92 Å². The van der Waals surface area contributed by atoms with Gasteiger partial charge in [0, 0.05) is 50.7 Å². The minimum atomic E-state index is -4.82. The molecule has 2 saturated heterocycles. The Morgan fingerprint density at radius 1 is 1.23 bits per heavy atom. The number of ether oxygens (including phenoxy) is 2. The lowest BCUT2D eigenvalue weighted by Crippen LogP contribution is -2.38. The summed E-state index contributed by atoms with van der Waals surface area (Å²) in [5.74, 6) is 0.840. The van der Waals surface area contributed by atoms with E-state index in [-0.39, 0.29) is 23.1 Å². The number of benzene rings is 1. The Balaban J connectivity index is 1.25. The van der Waals surface area contributed by atoms with E-state index in [2.05, 4.69) is 14.7 Å². The minimum absolute atomic E-state index is 0.0496. The normalized spacial score (nSPS) is 19.4. The number of likely N-dealkylation sites (tertiary alicyclic amines) is 1.